The van der Waals surface area contributed by atoms with Crippen molar-refractivity contribution >= 4 is 12.0 Å². The first-order valence-corrected chi connectivity index (χ1v) is 5.99. The molecule has 0 fully saturated rings. The number of nitrogens with one attached hydrogen (secondary N) is 1. The van der Waals surface area contributed by atoms with Gasteiger partial charge in [-0.1, -0.05) is 20.8 Å². The molecule has 2 N–H and O–H groups in total. The zero-order valence-electron chi connectivity index (χ0n) is 11.4. The van der Waals surface area contributed by atoms with Gasteiger partial charge >= 0.3 is 12.0 Å². The van der Waals surface area contributed by atoms with Crippen LogP contribution in [0.5, 0.6) is 0 Å². The van der Waals surface area contributed by atoms with Crippen LogP contribution in [0.2, 0.25) is 0 Å². The SMILES string of the molecule is CCN(CC)C(=O)NC(CC(=O)O)C(C)(C)C. The third-order valence-corrected chi connectivity index (χ3v) is 2.77. The lowest BCUT2D eigenvalue weighted by molar-refractivity contribution is -0.138. The van der Waals surface area contributed by atoms with Crippen LogP contribution in [0, 0.1) is 5.41 Å². The quantitative estimate of drug-likeness (QED) is 0.776. The summed E-state index contributed by atoms with van der Waals surface area (Å²) < 4.78 is 0. The van der Waals surface area contributed by atoms with Crippen molar-refractivity contribution < 1.29 is 14.7 Å². The minimum absolute atomic E-state index is 0.0590. The van der Waals surface area contributed by atoms with Crippen LogP contribution in [0.3, 0.4) is 0 Å². The first-order chi connectivity index (χ1) is 7.72. The fourth-order valence-corrected chi connectivity index (χ4v) is 1.50. The normalized spacial score (nSPS) is 13.0. The highest BCUT2D eigenvalue weighted by atomic mass is 16.4. The van der Waals surface area contributed by atoms with Gasteiger partial charge in [0.05, 0.1) is 6.42 Å². The number of hydrogen-bond acceptors (Lipinski definition) is 2. The Morgan fingerprint density at radius 3 is 2.00 bits per heavy atom. The number of carboxylic acids is 1. The summed E-state index contributed by atoms with van der Waals surface area (Å²) in [5.41, 5.74) is -0.277. The molecule has 1 atom stereocenters. The second kappa shape index (κ2) is 6.47. The molecule has 0 radical (unpaired) electrons. The van der Waals surface area contributed by atoms with Crippen LogP contribution >= 0.6 is 0 Å². The Labute approximate surface area is 103 Å². The molecule has 5 nitrogen and oxygen atoms in total. The van der Waals surface area contributed by atoms with Gasteiger partial charge in [0.1, 0.15) is 0 Å². The molecule has 0 aromatic heterocycles. The smallest absolute Gasteiger partial charge is 0.317 e. The molecule has 100 valence electrons. The second-order valence-electron chi connectivity index (χ2n) is 5.14. The summed E-state index contributed by atoms with van der Waals surface area (Å²) in [7, 11) is 0. The van der Waals surface area contributed by atoms with Crippen LogP contribution < -0.4 is 5.32 Å². The van der Waals surface area contributed by atoms with Gasteiger partial charge in [-0.2, -0.15) is 0 Å². The Morgan fingerprint density at radius 2 is 1.71 bits per heavy atom. The molecule has 17 heavy (non-hydrogen) atoms. The monoisotopic (exact) mass is 244 g/mol. The highest BCUT2D eigenvalue weighted by Crippen LogP contribution is 2.22. The van der Waals surface area contributed by atoms with Crippen molar-refractivity contribution in [2.24, 2.45) is 5.41 Å². The van der Waals surface area contributed by atoms with Crippen LogP contribution in [0.4, 0.5) is 4.79 Å². The summed E-state index contributed by atoms with van der Waals surface area (Å²) in [6.07, 6.45) is -0.0590. The first-order valence-electron chi connectivity index (χ1n) is 5.99. The summed E-state index contributed by atoms with van der Waals surface area (Å²) >= 11 is 0. The van der Waals surface area contributed by atoms with E-state index in [0.717, 1.165) is 0 Å². The molecule has 0 saturated carbocycles. The molecule has 0 heterocycles. The fraction of sp³-hybridized carbons (Fsp3) is 0.833. The number of amides is 2. The van der Waals surface area contributed by atoms with Gasteiger partial charge in [-0.15, -0.1) is 0 Å². The average molecular weight is 244 g/mol. The van der Waals surface area contributed by atoms with E-state index in [1.165, 1.54) is 0 Å². The van der Waals surface area contributed by atoms with Gasteiger partial charge in [0.15, 0.2) is 0 Å². The Hall–Kier alpha value is -1.26. The maximum absolute atomic E-state index is 11.9. The molecule has 0 bridgehead atoms. The van der Waals surface area contributed by atoms with Crippen molar-refractivity contribution in [1.82, 2.24) is 10.2 Å². The van der Waals surface area contributed by atoms with Crippen molar-refractivity contribution in [3.05, 3.63) is 0 Å². The Bertz CT molecular complexity index is 267. The van der Waals surface area contributed by atoms with Gasteiger partial charge in [0, 0.05) is 19.1 Å². The van der Waals surface area contributed by atoms with Crippen molar-refractivity contribution in [2.45, 2.75) is 47.1 Å². The number of carbonyl (C=O) groups excluding carboxylic acids is 1. The van der Waals surface area contributed by atoms with Crippen molar-refractivity contribution in [1.29, 1.82) is 0 Å². The molecule has 1 unspecified atom stereocenters. The van der Waals surface area contributed by atoms with Crippen LogP contribution in [-0.4, -0.2) is 41.1 Å². The number of aliphatic carboxylic acids is 1. The Morgan fingerprint density at radius 1 is 1.24 bits per heavy atom. The molecule has 0 aliphatic rings. The Balaban J connectivity index is 4.64. The van der Waals surface area contributed by atoms with Crippen LogP contribution in [0.15, 0.2) is 0 Å². The third kappa shape index (κ3) is 5.56. The standard InChI is InChI=1S/C12H24N2O3/c1-6-14(7-2)11(17)13-9(8-10(15)16)12(3,4)5/h9H,6-8H2,1-5H3,(H,13,17)(H,15,16). The van der Waals surface area contributed by atoms with Gasteiger partial charge in [0.2, 0.25) is 0 Å². The molecule has 5 heteroatoms. The molecule has 0 rings (SSSR count). The van der Waals surface area contributed by atoms with Gasteiger partial charge < -0.3 is 15.3 Å². The molecule has 0 aliphatic heterocycles. The number of carbonyl (C=O) groups is 2. The predicted octanol–water partition coefficient (Wildman–Crippen LogP) is 1.93. The van der Waals surface area contributed by atoms with E-state index in [9.17, 15) is 9.59 Å². The van der Waals surface area contributed by atoms with Crippen molar-refractivity contribution in [3.8, 4) is 0 Å². The molecule has 2 amide bonds. The lowest BCUT2D eigenvalue weighted by Gasteiger charge is -2.32. The maximum atomic E-state index is 11.9. The second-order valence-corrected chi connectivity index (χ2v) is 5.14. The highest BCUT2D eigenvalue weighted by Gasteiger charge is 2.29. The molecule has 0 aromatic rings. The van der Waals surface area contributed by atoms with Crippen LogP contribution in [0.1, 0.15) is 41.0 Å². The molecule has 0 aromatic carbocycles. The lowest BCUT2D eigenvalue weighted by Crippen LogP contribution is -2.50. The van der Waals surface area contributed by atoms with Gasteiger partial charge in [-0.05, 0) is 19.3 Å². The first kappa shape index (κ1) is 15.7. The summed E-state index contributed by atoms with van der Waals surface area (Å²) in [6.45, 7) is 10.8. The number of nitrogens with zero attached hydrogens (tertiary/aromatic N) is 1. The molecular weight excluding hydrogens is 220 g/mol. The van der Waals surface area contributed by atoms with Crippen molar-refractivity contribution in [3.63, 3.8) is 0 Å². The van der Waals surface area contributed by atoms with E-state index >= 15 is 0 Å². The molecule has 0 saturated heterocycles. The number of carboxylic acid groups (broad SMARTS) is 1. The van der Waals surface area contributed by atoms with E-state index in [1.54, 1.807) is 4.90 Å². The van der Waals surface area contributed by atoms with Gasteiger partial charge in [0.25, 0.3) is 0 Å². The summed E-state index contributed by atoms with van der Waals surface area (Å²) in [6, 6.07) is -0.565. The largest absolute Gasteiger partial charge is 0.481 e. The average Bonchev–Trinajstić information content (AvgIpc) is 2.16. The Kier molecular flexibility index (Phi) is 5.99. The molecular formula is C12H24N2O3. The van der Waals surface area contributed by atoms with Gasteiger partial charge in [-0.3, -0.25) is 4.79 Å². The van der Waals surface area contributed by atoms with Crippen LogP contribution in [0.25, 0.3) is 0 Å². The minimum atomic E-state index is -0.898. The number of urea groups is 1. The topological polar surface area (TPSA) is 69.6 Å². The summed E-state index contributed by atoms with van der Waals surface area (Å²) in [4.78, 5) is 24.3. The van der Waals surface area contributed by atoms with E-state index < -0.39 is 5.97 Å². The van der Waals surface area contributed by atoms with E-state index in [4.69, 9.17) is 5.11 Å². The van der Waals surface area contributed by atoms with Crippen LogP contribution in [-0.2, 0) is 4.79 Å². The summed E-state index contributed by atoms with van der Waals surface area (Å²) in [5, 5.41) is 11.6. The number of rotatable bonds is 5. The maximum Gasteiger partial charge on any atom is 0.317 e. The number of hydrogen-bond donors (Lipinski definition) is 2. The summed E-state index contributed by atoms with van der Waals surface area (Å²) in [5.74, 6) is -0.898. The predicted molar refractivity (Wildman–Crippen MR) is 66.9 cm³/mol. The molecule has 0 aliphatic carbocycles. The fourth-order valence-electron chi connectivity index (χ4n) is 1.50. The van der Waals surface area contributed by atoms with E-state index in [-0.39, 0.29) is 23.9 Å². The van der Waals surface area contributed by atoms with E-state index in [2.05, 4.69) is 5.32 Å². The zero-order chi connectivity index (χ0) is 13.6. The van der Waals surface area contributed by atoms with Gasteiger partial charge in [-0.25, -0.2) is 4.79 Å². The van der Waals surface area contributed by atoms with E-state index in [1.807, 2.05) is 34.6 Å². The van der Waals surface area contributed by atoms with Crippen molar-refractivity contribution in [2.75, 3.05) is 13.1 Å². The molecule has 0 spiro atoms. The van der Waals surface area contributed by atoms with E-state index in [0.29, 0.717) is 13.1 Å². The zero-order valence-corrected chi connectivity index (χ0v) is 11.4. The highest BCUT2D eigenvalue weighted by molar-refractivity contribution is 5.76. The minimum Gasteiger partial charge on any atom is -0.481 e. The lowest BCUT2D eigenvalue weighted by atomic mass is 9.85. The third-order valence-electron chi connectivity index (χ3n) is 2.77.